The van der Waals surface area contributed by atoms with Crippen molar-refractivity contribution in [3.8, 4) is 5.75 Å². The van der Waals surface area contributed by atoms with E-state index in [-0.39, 0.29) is 29.9 Å². The standard InChI is InChI=1S/C16H23NO5/c1-4-21-14(19)12-7-5-6-8-13(12)22-15(20)17-10-9-16(2,3)11-18/h5-8,18H,4,9-11H2,1-3H3,(H,17,20). The van der Waals surface area contributed by atoms with Gasteiger partial charge >= 0.3 is 12.1 Å². The highest BCUT2D eigenvalue weighted by atomic mass is 16.6. The first-order valence-corrected chi connectivity index (χ1v) is 7.22. The number of esters is 1. The molecule has 6 nitrogen and oxygen atoms in total. The van der Waals surface area contributed by atoms with Crippen molar-refractivity contribution in [3.05, 3.63) is 29.8 Å². The van der Waals surface area contributed by atoms with Crippen molar-refractivity contribution in [1.82, 2.24) is 5.32 Å². The number of carbonyl (C=O) groups excluding carboxylic acids is 2. The third-order valence-corrected chi connectivity index (χ3v) is 3.08. The Hall–Kier alpha value is -2.08. The minimum atomic E-state index is -0.648. The molecule has 0 saturated carbocycles. The Bertz CT molecular complexity index is 513. The molecule has 1 aromatic carbocycles. The van der Waals surface area contributed by atoms with Gasteiger partial charge in [-0.05, 0) is 30.9 Å². The predicted octanol–water partition coefficient (Wildman–Crippen LogP) is 2.36. The molecule has 2 N–H and O–H groups in total. The first-order valence-electron chi connectivity index (χ1n) is 7.22. The van der Waals surface area contributed by atoms with Gasteiger partial charge in [0.05, 0.1) is 6.61 Å². The van der Waals surface area contributed by atoms with Crippen molar-refractivity contribution >= 4 is 12.1 Å². The predicted molar refractivity (Wildman–Crippen MR) is 81.9 cm³/mol. The van der Waals surface area contributed by atoms with Crippen LogP contribution in [-0.4, -0.2) is 36.9 Å². The summed E-state index contributed by atoms with van der Waals surface area (Å²) in [7, 11) is 0. The molecule has 122 valence electrons. The monoisotopic (exact) mass is 309 g/mol. The molecule has 1 rings (SSSR count). The lowest BCUT2D eigenvalue weighted by Crippen LogP contribution is -2.31. The van der Waals surface area contributed by atoms with Gasteiger partial charge < -0.3 is 19.9 Å². The second-order valence-corrected chi connectivity index (χ2v) is 5.61. The number of ether oxygens (including phenoxy) is 2. The Kier molecular flexibility index (Phi) is 6.85. The molecule has 0 atom stereocenters. The van der Waals surface area contributed by atoms with Gasteiger partial charge in [0.2, 0.25) is 0 Å². The molecule has 0 aliphatic carbocycles. The molecule has 0 unspecified atom stereocenters. The molecule has 0 aliphatic rings. The summed E-state index contributed by atoms with van der Waals surface area (Å²) in [4.78, 5) is 23.5. The van der Waals surface area contributed by atoms with Crippen LogP contribution in [0, 0.1) is 5.41 Å². The van der Waals surface area contributed by atoms with Crippen LogP contribution >= 0.6 is 0 Å². The summed E-state index contributed by atoms with van der Waals surface area (Å²) in [5.41, 5.74) is -0.0639. The van der Waals surface area contributed by atoms with Crippen LogP contribution in [0.1, 0.15) is 37.6 Å². The quantitative estimate of drug-likeness (QED) is 0.755. The summed E-state index contributed by atoms with van der Waals surface area (Å²) in [6, 6.07) is 6.40. The van der Waals surface area contributed by atoms with E-state index in [9.17, 15) is 9.59 Å². The van der Waals surface area contributed by atoms with E-state index in [4.69, 9.17) is 14.6 Å². The number of hydrogen-bond donors (Lipinski definition) is 2. The van der Waals surface area contributed by atoms with Crippen LogP contribution in [0.2, 0.25) is 0 Å². The highest BCUT2D eigenvalue weighted by molar-refractivity contribution is 5.93. The number of aliphatic hydroxyl groups excluding tert-OH is 1. The van der Waals surface area contributed by atoms with Crippen molar-refractivity contribution in [3.63, 3.8) is 0 Å². The Morgan fingerprint density at radius 1 is 1.27 bits per heavy atom. The van der Waals surface area contributed by atoms with Crippen LogP contribution in [0.15, 0.2) is 24.3 Å². The topological polar surface area (TPSA) is 84.9 Å². The van der Waals surface area contributed by atoms with Crippen molar-refractivity contribution in [2.75, 3.05) is 19.8 Å². The molecule has 0 saturated heterocycles. The summed E-state index contributed by atoms with van der Waals surface area (Å²) >= 11 is 0. The fourth-order valence-corrected chi connectivity index (χ4v) is 1.65. The Morgan fingerprint density at radius 2 is 1.95 bits per heavy atom. The first-order chi connectivity index (χ1) is 10.4. The van der Waals surface area contributed by atoms with Gasteiger partial charge in [0.1, 0.15) is 11.3 Å². The van der Waals surface area contributed by atoms with E-state index in [0.717, 1.165) is 0 Å². The lowest BCUT2D eigenvalue weighted by molar-refractivity contribution is 0.0523. The Morgan fingerprint density at radius 3 is 2.59 bits per heavy atom. The molecule has 0 heterocycles. The zero-order valence-electron chi connectivity index (χ0n) is 13.2. The number of benzene rings is 1. The van der Waals surface area contributed by atoms with Gasteiger partial charge in [-0.3, -0.25) is 0 Å². The second-order valence-electron chi connectivity index (χ2n) is 5.61. The Labute approximate surface area is 130 Å². The lowest BCUT2D eigenvalue weighted by Gasteiger charge is -2.21. The maximum atomic E-state index is 11.8. The van der Waals surface area contributed by atoms with Gasteiger partial charge in [0.15, 0.2) is 0 Å². The molecule has 22 heavy (non-hydrogen) atoms. The SMILES string of the molecule is CCOC(=O)c1ccccc1OC(=O)NCCC(C)(C)CO. The van der Waals surface area contributed by atoms with Gasteiger partial charge in [-0.1, -0.05) is 26.0 Å². The molecular formula is C16H23NO5. The second kappa shape index (κ2) is 8.38. The van der Waals surface area contributed by atoms with Gasteiger partial charge in [-0.2, -0.15) is 0 Å². The minimum absolute atomic E-state index is 0.0371. The highest BCUT2D eigenvalue weighted by Gasteiger charge is 2.18. The maximum Gasteiger partial charge on any atom is 0.412 e. The first kappa shape index (κ1) is 18.0. The number of amides is 1. The smallest absolute Gasteiger partial charge is 0.412 e. The molecule has 0 fully saturated rings. The summed E-state index contributed by atoms with van der Waals surface area (Å²) in [5.74, 6) is -0.382. The number of rotatable bonds is 7. The number of aliphatic hydroxyl groups is 1. The van der Waals surface area contributed by atoms with E-state index in [2.05, 4.69) is 5.32 Å². The largest absolute Gasteiger partial charge is 0.462 e. The van der Waals surface area contributed by atoms with E-state index in [1.54, 1.807) is 19.1 Å². The molecule has 0 spiro atoms. The van der Waals surface area contributed by atoms with Gasteiger partial charge in [-0.25, -0.2) is 9.59 Å². The summed E-state index contributed by atoms with van der Waals surface area (Å²) in [5, 5.41) is 11.7. The van der Waals surface area contributed by atoms with Crippen LogP contribution in [0.4, 0.5) is 4.79 Å². The van der Waals surface area contributed by atoms with Gasteiger partial charge in [0.25, 0.3) is 0 Å². The fourth-order valence-electron chi connectivity index (χ4n) is 1.65. The molecule has 0 bridgehead atoms. The zero-order chi connectivity index (χ0) is 16.6. The maximum absolute atomic E-state index is 11.8. The molecular weight excluding hydrogens is 286 g/mol. The van der Waals surface area contributed by atoms with Crippen LogP contribution in [0.25, 0.3) is 0 Å². The summed E-state index contributed by atoms with van der Waals surface area (Å²) < 4.78 is 10.1. The van der Waals surface area contributed by atoms with Crippen molar-refractivity contribution < 1.29 is 24.2 Å². The average Bonchev–Trinajstić information content (AvgIpc) is 2.48. The van der Waals surface area contributed by atoms with Gasteiger partial charge in [-0.15, -0.1) is 0 Å². The van der Waals surface area contributed by atoms with Crippen LogP contribution < -0.4 is 10.1 Å². The zero-order valence-corrected chi connectivity index (χ0v) is 13.2. The highest BCUT2D eigenvalue weighted by Crippen LogP contribution is 2.20. The number of carbonyl (C=O) groups is 2. The molecule has 0 radical (unpaired) electrons. The third-order valence-electron chi connectivity index (χ3n) is 3.08. The molecule has 0 aliphatic heterocycles. The lowest BCUT2D eigenvalue weighted by atomic mass is 9.91. The number of nitrogens with one attached hydrogen (secondary N) is 1. The van der Waals surface area contributed by atoms with Crippen molar-refractivity contribution in [1.29, 1.82) is 0 Å². The molecule has 6 heteroatoms. The Balaban J connectivity index is 2.60. The molecule has 1 aromatic rings. The van der Waals surface area contributed by atoms with E-state index in [1.807, 2.05) is 13.8 Å². The van der Waals surface area contributed by atoms with Crippen LogP contribution in [0.5, 0.6) is 5.75 Å². The third kappa shape index (κ3) is 5.73. The van der Waals surface area contributed by atoms with E-state index >= 15 is 0 Å². The molecule has 0 aromatic heterocycles. The normalized spacial score (nSPS) is 10.9. The van der Waals surface area contributed by atoms with Gasteiger partial charge in [0, 0.05) is 13.2 Å². The number of hydrogen-bond acceptors (Lipinski definition) is 5. The molecule has 1 amide bonds. The number of para-hydroxylation sites is 1. The van der Waals surface area contributed by atoms with E-state index in [1.165, 1.54) is 12.1 Å². The fraction of sp³-hybridized carbons (Fsp3) is 0.500. The van der Waals surface area contributed by atoms with Crippen LogP contribution in [0.3, 0.4) is 0 Å². The minimum Gasteiger partial charge on any atom is -0.462 e. The summed E-state index contributed by atoms with van der Waals surface area (Å²) in [6.07, 6.45) is -0.0384. The summed E-state index contributed by atoms with van der Waals surface area (Å²) in [6.45, 7) is 6.15. The average molecular weight is 309 g/mol. The van der Waals surface area contributed by atoms with Crippen molar-refractivity contribution in [2.24, 2.45) is 5.41 Å². The van der Waals surface area contributed by atoms with E-state index < -0.39 is 12.1 Å². The van der Waals surface area contributed by atoms with E-state index in [0.29, 0.717) is 13.0 Å². The van der Waals surface area contributed by atoms with Crippen molar-refractivity contribution in [2.45, 2.75) is 27.2 Å². The van der Waals surface area contributed by atoms with Crippen LogP contribution in [-0.2, 0) is 4.74 Å².